The summed E-state index contributed by atoms with van der Waals surface area (Å²) in [5.41, 5.74) is 1.47. The molecule has 20 heavy (non-hydrogen) atoms. The molecule has 1 rings (SSSR count). The van der Waals surface area contributed by atoms with E-state index in [1.807, 2.05) is 0 Å². The minimum Gasteiger partial charge on any atom is -0.376 e. The summed E-state index contributed by atoms with van der Waals surface area (Å²) >= 11 is 0. The van der Waals surface area contributed by atoms with Crippen molar-refractivity contribution in [2.45, 2.75) is 6.18 Å². The maximum absolute atomic E-state index is 12.6. The average molecular weight is 281 g/mol. The van der Waals surface area contributed by atoms with Crippen molar-refractivity contribution in [1.29, 1.82) is 10.5 Å². The fraction of sp³-hybridized carbons (Fsp3) is 0.250. The first-order valence-corrected chi connectivity index (χ1v) is 5.32. The van der Waals surface area contributed by atoms with Gasteiger partial charge in [-0.2, -0.15) is 28.8 Å². The molecule has 5 nitrogen and oxygen atoms in total. The largest absolute Gasteiger partial charge is 0.416 e. The van der Waals surface area contributed by atoms with Gasteiger partial charge in [0.05, 0.1) is 16.9 Å². The summed E-state index contributed by atoms with van der Waals surface area (Å²) in [6, 6.07) is 6.10. The quantitative estimate of drug-likeness (QED) is 0.682. The highest BCUT2D eigenvalue weighted by Crippen LogP contribution is 2.34. The van der Waals surface area contributed by atoms with Gasteiger partial charge in [-0.3, -0.25) is 5.43 Å². The van der Waals surface area contributed by atoms with Gasteiger partial charge in [0.15, 0.2) is 0 Å². The molecule has 1 N–H and O–H groups in total. The molecule has 0 aliphatic heterocycles. The highest BCUT2D eigenvalue weighted by molar-refractivity contribution is 6.10. The van der Waals surface area contributed by atoms with Gasteiger partial charge < -0.3 is 4.90 Å². The predicted octanol–water partition coefficient (Wildman–Crippen LogP) is 2.59. The van der Waals surface area contributed by atoms with E-state index in [-0.39, 0.29) is 5.69 Å². The third kappa shape index (κ3) is 3.62. The third-order valence-electron chi connectivity index (χ3n) is 2.31. The summed E-state index contributed by atoms with van der Waals surface area (Å²) in [4.78, 5) is 1.58. The molecule has 0 aliphatic carbocycles. The maximum atomic E-state index is 12.6. The monoisotopic (exact) mass is 281 g/mol. The van der Waals surface area contributed by atoms with Gasteiger partial charge in [-0.15, -0.1) is 0 Å². The summed E-state index contributed by atoms with van der Waals surface area (Å²) in [5.74, 6) is 0. The number of nitrogens with zero attached hydrogens (tertiary/aromatic N) is 4. The minimum atomic E-state index is -4.49. The Morgan fingerprint density at radius 2 is 1.85 bits per heavy atom. The molecule has 0 bridgehead atoms. The van der Waals surface area contributed by atoms with E-state index in [1.165, 1.54) is 18.2 Å². The van der Waals surface area contributed by atoms with Crippen LogP contribution in [-0.2, 0) is 6.18 Å². The lowest BCUT2D eigenvalue weighted by Gasteiger charge is -2.18. The van der Waals surface area contributed by atoms with E-state index >= 15 is 0 Å². The van der Waals surface area contributed by atoms with Crippen molar-refractivity contribution in [3.05, 3.63) is 23.8 Å². The second-order valence-corrected chi connectivity index (χ2v) is 3.92. The van der Waals surface area contributed by atoms with Crippen molar-refractivity contribution in [3.63, 3.8) is 0 Å². The zero-order chi connectivity index (χ0) is 15.3. The Kier molecular flexibility index (Phi) is 4.54. The molecule has 0 saturated heterocycles. The van der Waals surface area contributed by atoms with Crippen LogP contribution in [0.2, 0.25) is 0 Å². The van der Waals surface area contributed by atoms with Gasteiger partial charge in [0, 0.05) is 14.1 Å². The van der Waals surface area contributed by atoms with Crippen LogP contribution >= 0.6 is 0 Å². The van der Waals surface area contributed by atoms with Gasteiger partial charge in [-0.25, -0.2) is 0 Å². The van der Waals surface area contributed by atoms with E-state index in [9.17, 15) is 13.2 Å². The summed E-state index contributed by atoms with van der Waals surface area (Å²) in [6.07, 6.45) is -4.49. The lowest BCUT2D eigenvalue weighted by atomic mass is 10.1. The van der Waals surface area contributed by atoms with Crippen LogP contribution in [0, 0.1) is 22.7 Å². The Morgan fingerprint density at radius 3 is 2.30 bits per heavy atom. The molecule has 1 aromatic rings. The summed E-state index contributed by atoms with van der Waals surface area (Å²) in [6.45, 7) is 0. The number of halogens is 3. The maximum Gasteiger partial charge on any atom is 0.416 e. The van der Waals surface area contributed by atoms with Crippen LogP contribution < -0.4 is 10.3 Å². The zero-order valence-electron chi connectivity index (χ0n) is 10.7. The molecule has 0 amide bonds. The van der Waals surface area contributed by atoms with E-state index in [0.29, 0.717) is 5.69 Å². The van der Waals surface area contributed by atoms with E-state index in [4.69, 9.17) is 10.5 Å². The van der Waals surface area contributed by atoms with Crippen LogP contribution in [-0.4, -0.2) is 19.8 Å². The number of rotatable bonds is 3. The van der Waals surface area contributed by atoms with Gasteiger partial charge in [0.2, 0.25) is 5.71 Å². The van der Waals surface area contributed by atoms with Crippen molar-refractivity contribution in [1.82, 2.24) is 0 Å². The molecule has 0 fully saturated rings. The number of hydrazone groups is 1. The fourth-order valence-corrected chi connectivity index (χ4v) is 1.38. The molecular weight excluding hydrogens is 271 g/mol. The van der Waals surface area contributed by atoms with Crippen LogP contribution in [0.5, 0.6) is 0 Å². The number of nitrogens with one attached hydrogen (secondary N) is 1. The van der Waals surface area contributed by atoms with Gasteiger partial charge in [-0.1, -0.05) is 0 Å². The van der Waals surface area contributed by atoms with Gasteiger partial charge in [0.25, 0.3) is 0 Å². The Hall–Kier alpha value is -2.74. The highest BCUT2D eigenvalue weighted by Gasteiger charge is 2.31. The number of hydrogen-bond acceptors (Lipinski definition) is 5. The highest BCUT2D eigenvalue weighted by atomic mass is 19.4. The van der Waals surface area contributed by atoms with Crippen molar-refractivity contribution in [2.75, 3.05) is 24.4 Å². The minimum absolute atomic E-state index is 0.0489. The molecular formula is C12H10F3N5. The lowest BCUT2D eigenvalue weighted by molar-refractivity contribution is -0.137. The van der Waals surface area contributed by atoms with Crippen LogP contribution in [0.4, 0.5) is 24.5 Å². The molecule has 0 spiro atoms. The van der Waals surface area contributed by atoms with Crippen molar-refractivity contribution >= 4 is 17.1 Å². The molecule has 0 saturated carbocycles. The number of nitriles is 2. The normalized spacial score (nSPS) is 10.2. The molecule has 0 heterocycles. The Balaban J connectivity index is 3.24. The molecule has 0 atom stereocenters. The van der Waals surface area contributed by atoms with Crippen molar-refractivity contribution in [3.8, 4) is 12.1 Å². The second kappa shape index (κ2) is 5.93. The van der Waals surface area contributed by atoms with E-state index in [2.05, 4.69) is 10.5 Å². The smallest absolute Gasteiger partial charge is 0.376 e. The van der Waals surface area contributed by atoms with Crippen LogP contribution in [0.3, 0.4) is 0 Å². The predicted molar refractivity (Wildman–Crippen MR) is 68.1 cm³/mol. The van der Waals surface area contributed by atoms with Gasteiger partial charge in [0.1, 0.15) is 12.1 Å². The topological polar surface area (TPSA) is 75.2 Å². The van der Waals surface area contributed by atoms with Crippen LogP contribution in [0.25, 0.3) is 0 Å². The van der Waals surface area contributed by atoms with Crippen LogP contribution in [0.1, 0.15) is 5.56 Å². The molecule has 8 heteroatoms. The SMILES string of the molecule is CN(C)c1ccc(C(F)(F)F)cc1NN=C(C#N)C#N. The van der Waals surface area contributed by atoms with E-state index in [0.717, 1.165) is 12.1 Å². The first-order valence-electron chi connectivity index (χ1n) is 5.32. The fourth-order valence-electron chi connectivity index (χ4n) is 1.38. The number of alkyl halides is 3. The van der Waals surface area contributed by atoms with Crippen molar-refractivity contribution < 1.29 is 13.2 Å². The second-order valence-electron chi connectivity index (χ2n) is 3.92. The van der Waals surface area contributed by atoms with Crippen molar-refractivity contribution in [2.24, 2.45) is 5.10 Å². The Bertz CT molecular complexity index is 589. The number of benzene rings is 1. The number of hydrogen-bond donors (Lipinski definition) is 1. The molecule has 0 unspecified atom stereocenters. The standard InChI is InChI=1S/C12H10F3N5/c1-20(2)11-4-3-8(12(13,14)15)5-10(11)19-18-9(6-16)7-17/h3-5,19H,1-2H3. The molecule has 0 aliphatic rings. The lowest BCUT2D eigenvalue weighted by Crippen LogP contribution is -2.13. The molecule has 0 aromatic heterocycles. The zero-order valence-corrected chi connectivity index (χ0v) is 10.7. The summed E-state index contributed by atoms with van der Waals surface area (Å²) in [7, 11) is 3.29. The Labute approximate surface area is 113 Å². The summed E-state index contributed by atoms with van der Waals surface area (Å²) < 4.78 is 37.9. The molecule has 1 aromatic carbocycles. The molecule has 0 radical (unpaired) electrons. The number of anilines is 2. The first-order chi connectivity index (χ1) is 9.29. The Morgan fingerprint density at radius 1 is 1.25 bits per heavy atom. The van der Waals surface area contributed by atoms with E-state index in [1.54, 1.807) is 19.0 Å². The average Bonchev–Trinajstić information content (AvgIpc) is 2.38. The molecule has 104 valence electrons. The van der Waals surface area contributed by atoms with Gasteiger partial charge >= 0.3 is 6.18 Å². The first kappa shape index (κ1) is 15.3. The van der Waals surface area contributed by atoms with E-state index < -0.39 is 17.5 Å². The van der Waals surface area contributed by atoms with Gasteiger partial charge in [-0.05, 0) is 18.2 Å². The summed E-state index contributed by atoms with van der Waals surface area (Å²) in [5, 5.41) is 20.5. The third-order valence-corrected chi connectivity index (χ3v) is 2.31. The van der Waals surface area contributed by atoms with Crippen LogP contribution in [0.15, 0.2) is 23.3 Å².